The molecule has 0 bridgehead atoms. The Labute approximate surface area is 111 Å². The number of aromatic nitrogens is 2. The maximum absolute atomic E-state index is 5.90. The van der Waals surface area contributed by atoms with Gasteiger partial charge in [0.1, 0.15) is 17.5 Å². The number of hydrogen-bond donors (Lipinski definition) is 1. The monoisotopic (exact) mass is 262 g/mol. The zero-order valence-electron chi connectivity index (χ0n) is 11.1. The maximum atomic E-state index is 5.90. The Bertz CT molecular complexity index is 536. The number of rotatable bonds is 3. The first-order valence-electron chi connectivity index (χ1n) is 5.87. The van der Waals surface area contributed by atoms with Gasteiger partial charge >= 0.3 is 0 Å². The third-order valence-corrected chi connectivity index (χ3v) is 4.18. The molecule has 0 fully saturated rings. The fourth-order valence-electron chi connectivity index (χ4n) is 1.88. The Morgan fingerprint density at radius 1 is 1.33 bits per heavy atom. The van der Waals surface area contributed by atoms with Crippen molar-refractivity contribution in [1.82, 2.24) is 9.97 Å². The average Bonchev–Trinajstić information content (AvgIpc) is 2.85. The van der Waals surface area contributed by atoms with E-state index in [0.717, 1.165) is 11.4 Å². The van der Waals surface area contributed by atoms with Crippen LogP contribution in [0.1, 0.15) is 29.2 Å². The number of thiophene rings is 1. The second kappa shape index (κ2) is 4.94. The highest BCUT2D eigenvalue weighted by Gasteiger charge is 2.18. The van der Waals surface area contributed by atoms with E-state index in [-0.39, 0.29) is 6.04 Å². The minimum atomic E-state index is 0.275. The van der Waals surface area contributed by atoms with Crippen molar-refractivity contribution in [3.63, 3.8) is 0 Å². The van der Waals surface area contributed by atoms with Gasteiger partial charge in [-0.1, -0.05) is 6.07 Å². The van der Waals surface area contributed by atoms with Crippen LogP contribution in [-0.4, -0.2) is 17.0 Å². The van der Waals surface area contributed by atoms with Crippen LogP contribution in [-0.2, 0) is 0 Å². The number of anilines is 2. The molecule has 0 saturated heterocycles. The second-order valence-electron chi connectivity index (χ2n) is 4.41. The van der Waals surface area contributed by atoms with Crippen LogP contribution >= 0.6 is 11.3 Å². The van der Waals surface area contributed by atoms with Crippen molar-refractivity contribution >= 4 is 23.0 Å². The quantitative estimate of drug-likeness (QED) is 0.924. The van der Waals surface area contributed by atoms with Crippen LogP contribution in [0, 0.1) is 13.8 Å². The summed E-state index contributed by atoms with van der Waals surface area (Å²) in [6.07, 6.45) is 0. The Balaban J connectivity index is 2.37. The maximum Gasteiger partial charge on any atom is 0.137 e. The molecule has 0 saturated carbocycles. The Morgan fingerprint density at radius 2 is 2.06 bits per heavy atom. The van der Waals surface area contributed by atoms with Crippen molar-refractivity contribution in [1.29, 1.82) is 0 Å². The first kappa shape index (κ1) is 12.8. The molecular formula is C13H18N4S. The molecule has 1 unspecified atom stereocenters. The van der Waals surface area contributed by atoms with Crippen LogP contribution in [0.15, 0.2) is 17.5 Å². The van der Waals surface area contributed by atoms with E-state index in [0.29, 0.717) is 11.6 Å². The lowest BCUT2D eigenvalue weighted by molar-refractivity contribution is 0.734. The largest absolute Gasteiger partial charge is 0.383 e. The van der Waals surface area contributed by atoms with Gasteiger partial charge in [-0.3, -0.25) is 0 Å². The number of nitrogens with two attached hydrogens (primary N) is 1. The fourth-order valence-corrected chi connectivity index (χ4v) is 2.71. The van der Waals surface area contributed by atoms with Gasteiger partial charge in [-0.2, -0.15) is 0 Å². The van der Waals surface area contributed by atoms with Crippen molar-refractivity contribution in [3.05, 3.63) is 33.8 Å². The average molecular weight is 262 g/mol. The van der Waals surface area contributed by atoms with Crippen molar-refractivity contribution in [2.45, 2.75) is 26.8 Å². The van der Waals surface area contributed by atoms with E-state index in [9.17, 15) is 0 Å². The van der Waals surface area contributed by atoms with Crippen molar-refractivity contribution in [3.8, 4) is 0 Å². The fraction of sp³-hybridized carbons (Fsp3) is 0.385. The summed E-state index contributed by atoms with van der Waals surface area (Å²) in [7, 11) is 2.04. The summed E-state index contributed by atoms with van der Waals surface area (Å²) in [5.74, 6) is 2.17. The second-order valence-corrected chi connectivity index (χ2v) is 5.39. The van der Waals surface area contributed by atoms with E-state index >= 15 is 0 Å². The van der Waals surface area contributed by atoms with Crippen LogP contribution in [0.3, 0.4) is 0 Å². The summed E-state index contributed by atoms with van der Waals surface area (Å²) >= 11 is 1.75. The predicted molar refractivity (Wildman–Crippen MR) is 77.1 cm³/mol. The highest BCUT2D eigenvalue weighted by molar-refractivity contribution is 7.10. The Kier molecular flexibility index (Phi) is 3.52. The minimum absolute atomic E-state index is 0.275. The molecule has 96 valence electrons. The zero-order valence-corrected chi connectivity index (χ0v) is 12.0. The molecule has 2 heterocycles. The molecule has 0 aliphatic carbocycles. The third-order valence-electron chi connectivity index (χ3n) is 3.14. The van der Waals surface area contributed by atoms with Gasteiger partial charge < -0.3 is 10.6 Å². The van der Waals surface area contributed by atoms with Crippen molar-refractivity contribution in [2.75, 3.05) is 17.7 Å². The molecule has 0 aromatic carbocycles. The molecule has 18 heavy (non-hydrogen) atoms. The molecule has 5 heteroatoms. The summed E-state index contributed by atoms with van der Waals surface area (Å²) in [5.41, 5.74) is 6.84. The molecule has 0 aliphatic rings. The van der Waals surface area contributed by atoms with Gasteiger partial charge in [0.05, 0.1) is 6.04 Å². The van der Waals surface area contributed by atoms with Gasteiger partial charge in [0.15, 0.2) is 0 Å². The smallest absolute Gasteiger partial charge is 0.137 e. The lowest BCUT2D eigenvalue weighted by Crippen LogP contribution is -2.24. The molecule has 2 N–H and O–H groups in total. The molecule has 2 aromatic rings. The molecule has 0 radical (unpaired) electrons. The van der Waals surface area contributed by atoms with Gasteiger partial charge in [0.2, 0.25) is 0 Å². The van der Waals surface area contributed by atoms with Crippen LogP contribution < -0.4 is 10.6 Å². The first-order valence-corrected chi connectivity index (χ1v) is 6.75. The van der Waals surface area contributed by atoms with E-state index in [4.69, 9.17) is 5.73 Å². The van der Waals surface area contributed by atoms with Gasteiger partial charge in [-0.05, 0) is 32.2 Å². The predicted octanol–water partition coefficient (Wildman–Crippen LogP) is 2.93. The molecule has 4 nitrogen and oxygen atoms in total. The Morgan fingerprint density at radius 3 is 2.67 bits per heavy atom. The number of hydrogen-bond acceptors (Lipinski definition) is 5. The third kappa shape index (κ3) is 2.31. The molecule has 0 amide bonds. The lowest BCUT2D eigenvalue weighted by atomic mass is 10.2. The highest BCUT2D eigenvalue weighted by Crippen LogP contribution is 2.30. The number of aryl methyl sites for hydroxylation is 1. The van der Waals surface area contributed by atoms with Gasteiger partial charge in [0, 0.05) is 17.5 Å². The number of nitrogens with zero attached hydrogens (tertiary/aromatic N) is 3. The van der Waals surface area contributed by atoms with E-state index in [1.54, 1.807) is 11.3 Å². The summed E-state index contributed by atoms with van der Waals surface area (Å²) < 4.78 is 0. The molecule has 0 aliphatic heterocycles. The van der Waals surface area contributed by atoms with Gasteiger partial charge in [0.25, 0.3) is 0 Å². The van der Waals surface area contributed by atoms with Crippen LogP contribution in [0.2, 0.25) is 0 Å². The molecule has 2 aromatic heterocycles. The van der Waals surface area contributed by atoms with Gasteiger partial charge in [-0.15, -0.1) is 11.3 Å². The zero-order chi connectivity index (χ0) is 13.3. The van der Waals surface area contributed by atoms with E-state index in [2.05, 4.69) is 39.3 Å². The molecule has 2 rings (SSSR count). The standard InChI is InChI=1S/C13H18N4S/c1-8-12(14)15-10(3)16-13(8)17(4)9(2)11-6-5-7-18-11/h5-7,9H,1-4H3,(H2,14,15,16). The summed E-state index contributed by atoms with van der Waals surface area (Å²) in [5, 5.41) is 2.09. The topological polar surface area (TPSA) is 55.0 Å². The summed E-state index contributed by atoms with van der Waals surface area (Å²) in [6.45, 7) is 5.99. The van der Waals surface area contributed by atoms with Crippen LogP contribution in [0.4, 0.5) is 11.6 Å². The minimum Gasteiger partial charge on any atom is -0.383 e. The summed E-state index contributed by atoms with van der Waals surface area (Å²) in [6, 6.07) is 4.48. The van der Waals surface area contributed by atoms with Crippen LogP contribution in [0.5, 0.6) is 0 Å². The summed E-state index contributed by atoms with van der Waals surface area (Å²) in [4.78, 5) is 12.1. The normalized spacial score (nSPS) is 12.4. The first-order chi connectivity index (χ1) is 8.50. The molecule has 0 spiro atoms. The van der Waals surface area contributed by atoms with Crippen molar-refractivity contribution in [2.24, 2.45) is 0 Å². The number of nitrogen functional groups attached to an aromatic ring is 1. The van der Waals surface area contributed by atoms with Gasteiger partial charge in [-0.25, -0.2) is 9.97 Å². The Hall–Kier alpha value is -1.62. The highest BCUT2D eigenvalue weighted by atomic mass is 32.1. The van der Waals surface area contributed by atoms with E-state index < -0.39 is 0 Å². The lowest BCUT2D eigenvalue weighted by Gasteiger charge is -2.27. The van der Waals surface area contributed by atoms with E-state index in [1.165, 1.54) is 4.88 Å². The van der Waals surface area contributed by atoms with Crippen molar-refractivity contribution < 1.29 is 0 Å². The molecule has 1 atom stereocenters. The van der Waals surface area contributed by atoms with E-state index in [1.807, 2.05) is 20.9 Å². The van der Waals surface area contributed by atoms with Crippen LogP contribution in [0.25, 0.3) is 0 Å². The SMILES string of the molecule is Cc1nc(N)c(C)c(N(C)C(C)c2cccs2)n1. The molecular weight excluding hydrogens is 244 g/mol.